The van der Waals surface area contributed by atoms with Gasteiger partial charge < -0.3 is 10.2 Å². The van der Waals surface area contributed by atoms with Crippen molar-refractivity contribution in [3.8, 4) is 0 Å². The third kappa shape index (κ3) is 4.39. The highest BCUT2D eigenvalue weighted by atomic mass is 19.1. The third-order valence-electron chi connectivity index (χ3n) is 3.26. The molecule has 0 amide bonds. The lowest BCUT2D eigenvalue weighted by molar-refractivity contribution is 0.263. The van der Waals surface area contributed by atoms with Crippen LogP contribution in [0.4, 0.5) is 4.39 Å². The zero-order valence-electron chi connectivity index (χ0n) is 11.7. The highest BCUT2D eigenvalue weighted by Gasteiger charge is 2.16. The van der Waals surface area contributed by atoms with Gasteiger partial charge in [-0.2, -0.15) is 0 Å². The van der Waals surface area contributed by atoms with Crippen LogP contribution in [0.1, 0.15) is 38.8 Å². The molecule has 1 unspecified atom stereocenters. The minimum absolute atomic E-state index is 0.0750. The maximum absolute atomic E-state index is 13.9. The minimum Gasteiger partial charge on any atom is -0.309 e. The van der Waals surface area contributed by atoms with Gasteiger partial charge in [-0.25, -0.2) is 4.39 Å². The lowest BCUT2D eigenvalue weighted by Gasteiger charge is -2.26. The van der Waals surface area contributed by atoms with E-state index < -0.39 is 0 Å². The molecule has 0 heterocycles. The van der Waals surface area contributed by atoms with Gasteiger partial charge in [-0.3, -0.25) is 0 Å². The van der Waals surface area contributed by atoms with Gasteiger partial charge in [-0.1, -0.05) is 39.0 Å². The number of nitrogens with one attached hydrogen (secondary N) is 1. The first kappa shape index (κ1) is 15.1. The van der Waals surface area contributed by atoms with Gasteiger partial charge >= 0.3 is 0 Å². The summed E-state index contributed by atoms with van der Waals surface area (Å²) in [7, 11) is 0. The van der Waals surface area contributed by atoms with Crippen molar-refractivity contribution < 1.29 is 4.39 Å². The van der Waals surface area contributed by atoms with Crippen LogP contribution < -0.4 is 5.32 Å². The molecule has 0 spiro atoms. The molecule has 3 heteroatoms. The van der Waals surface area contributed by atoms with Gasteiger partial charge in [0.15, 0.2) is 0 Å². The second-order valence-electron chi connectivity index (χ2n) is 4.51. The number of benzene rings is 1. The van der Waals surface area contributed by atoms with Crippen molar-refractivity contribution in [2.75, 3.05) is 26.2 Å². The first-order valence-corrected chi connectivity index (χ1v) is 6.93. The zero-order valence-corrected chi connectivity index (χ0v) is 11.7. The normalized spacial score (nSPS) is 12.9. The summed E-state index contributed by atoms with van der Waals surface area (Å²) in [5.74, 6) is -0.113. The first-order valence-electron chi connectivity index (χ1n) is 6.93. The predicted octanol–water partition coefficient (Wildman–Crippen LogP) is 3.21. The van der Waals surface area contributed by atoms with E-state index in [1.165, 1.54) is 6.07 Å². The molecule has 0 fully saturated rings. The zero-order chi connectivity index (χ0) is 13.4. The number of rotatable bonds is 8. The predicted molar refractivity (Wildman–Crippen MR) is 75.2 cm³/mol. The first-order chi connectivity index (χ1) is 8.72. The fourth-order valence-electron chi connectivity index (χ4n) is 2.09. The summed E-state index contributed by atoms with van der Waals surface area (Å²) >= 11 is 0. The second kappa shape index (κ2) is 8.22. The van der Waals surface area contributed by atoms with Crippen LogP contribution in [0.3, 0.4) is 0 Å². The highest BCUT2D eigenvalue weighted by Crippen LogP contribution is 2.18. The van der Waals surface area contributed by atoms with Gasteiger partial charge in [0.2, 0.25) is 0 Å². The molecular weight excluding hydrogens is 227 g/mol. The lowest BCUT2D eigenvalue weighted by Crippen LogP contribution is -2.36. The highest BCUT2D eigenvalue weighted by molar-refractivity contribution is 5.21. The van der Waals surface area contributed by atoms with Crippen LogP contribution in [0.2, 0.25) is 0 Å². The van der Waals surface area contributed by atoms with Crippen LogP contribution in [-0.2, 0) is 0 Å². The largest absolute Gasteiger partial charge is 0.309 e. The molecule has 1 aromatic carbocycles. The Labute approximate surface area is 110 Å². The van der Waals surface area contributed by atoms with Crippen LogP contribution in [0.25, 0.3) is 0 Å². The van der Waals surface area contributed by atoms with Gasteiger partial charge in [0.05, 0.1) is 0 Å². The number of hydrogen-bond acceptors (Lipinski definition) is 2. The van der Waals surface area contributed by atoms with Gasteiger partial charge in [-0.05, 0) is 32.1 Å². The Morgan fingerprint density at radius 3 is 2.39 bits per heavy atom. The Balaban J connectivity index is 2.80. The Hall–Kier alpha value is -0.930. The van der Waals surface area contributed by atoms with E-state index in [1.807, 2.05) is 12.1 Å². The number of likely N-dealkylation sites (N-methyl/N-ethyl adjacent to an activating group) is 1. The minimum atomic E-state index is -0.113. The van der Waals surface area contributed by atoms with Crippen LogP contribution in [0, 0.1) is 5.82 Å². The van der Waals surface area contributed by atoms with Gasteiger partial charge in [0.25, 0.3) is 0 Å². The average Bonchev–Trinajstić information content (AvgIpc) is 2.40. The monoisotopic (exact) mass is 252 g/mol. The molecular formula is C15H25FN2. The molecule has 0 saturated heterocycles. The summed E-state index contributed by atoms with van der Waals surface area (Å²) in [4.78, 5) is 2.32. The smallest absolute Gasteiger partial charge is 0.128 e. The average molecular weight is 252 g/mol. The van der Waals surface area contributed by atoms with Gasteiger partial charge in [-0.15, -0.1) is 0 Å². The summed E-state index contributed by atoms with van der Waals surface area (Å²) in [6, 6.07) is 7.14. The van der Waals surface area contributed by atoms with Crippen LogP contribution in [0.15, 0.2) is 24.3 Å². The molecule has 0 aromatic heterocycles. The van der Waals surface area contributed by atoms with Crippen molar-refractivity contribution in [1.82, 2.24) is 10.2 Å². The van der Waals surface area contributed by atoms with E-state index >= 15 is 0 Å². The van der Waals surface area contributed by atoms with Crippen molar-refractivity contribution in [3.63, 3.8) is 0 Å². The van der Waals surface area contributed by atoms with Gasteiger partial charge in [0.1, 0.15) is 5.82 Å². The van der Waals surface area contributed by atoms with Crippen LogP contribution in [0.5, 0.6) is 0 Å². The molecule has 0 aliphatic rings. The summed E-state index contributed by atoms with van der Waals surface area (Å²) < 4.78 is 13.9. The molecule has 0 saturated carbocycles. The maximum atomic E-state index is 13.9. The molecule has 1 aromatic rings. The molecule has 0 radical (unpaired) electrons. The maximum Gasteiger partial charge on any atom is 0.128 e. The topological polar surface area (TPSA) is 15.3 Å². The summed E-state index contributed by atoms with van der Waals surface area (Å²) in [6.45, 7) is 10.2. The quantitative estimate of drug-likeness (QED) is 0.764. The summed E-state index contributed by atoms with van der Waals surface area (Å²) in [6.07, 6.45) is 1.06. The standard InChI is InChI=1S/C15H25FN2/c1-4-11-17-15(12-18(5-2)6-3)13-9-7-8-10-14(13)16/h7-10,15,17H,4-6,11-12H2,1-3H3. The van der Waals surface area contributed by atoms with E-state index in [2.05, 4.69) is 31.0 Å². The van der Waals surface area contributed by atoms with E-state index in [9.17, 15) is 4.39 Å². The van der Waals surface area contributed by atoms with E-state index in [1.54, 1.807) is 6.07 Å². The molecule has 0 aliphatic carbocycles. The molecule has 18 heavy (non-hydrogen) atoms. The lowest BCUT2D eigenvalue weighted by atomic mass is 10.1. The van der Waals surface area contributed by atoms with Gasteiger partial charge in [0, 0.05) is 18.2 Å². The van der Waals surface area contributed by atoms with Crippen molar-refractivity contribution in [2.24, 2.45) is 0 Å². The van der Waals surface area contributed by atoms with E-state index in [0.29, 0.717) is 0 Å². The third-order valence-corrected chi connectivity index (χ3v) is 3.26. The molecule has 2 nitrogen and oxygen atoms in total. The summed E-state index contributed by atoms with van der Waals surface area (Å²) in [5.41, 5.74) is 0.776. The van der Waals surface area contributed by atoms with Crippen molar-refractivity contribution in [1.29, 1.82) is 0 Å². The molecule has 102 valence electrons. The fourth-order valence-corrected chi connectivity index (χ4v) is 2.09. The molecule has 1 atom stereocenters. The Morgan fingerprint density at radius 2 is 1.83 bits per heavy atom. The molecule has 1 rings (SSSR count). The fraction of sp³-hybridized carbons (Fsp3) is 0.600. The molecule has 0 bridgehead atoms. The molecule has 0 aliphatic heterocycles. The Bertz CT molecular complexity index is 337. The van der Waals surface area contributed by atoms with Crippen molar-refractivity contribution in [3.05, 3.63) is 35.6 Å². The van der Waals surface area contributed by atoms with Crippen molar-refractivity contribution >= 4 is 0 Å². The number of nitrogens with zero attached hydrogens (tertiary/aromatic N) is 1. The number of halogens is 1. The molecule has 1 N–H and O–H groups in total. The van der Waals surface area contributed by atoms with Crippen LogP contribution >= 0.6 is 0 Å². The SMILES string of the molecule is CCCNC(CN(CC)CC)c1ccccc1F. The van der Waals surface area contributed by atoms with E-state index in [4.69, 9.17) is 0 Å². The second-order valence-corrected chi connectivity index (χ2v) is 4.51. The Kier molecular flexibility index (Phi) is 6.91. The van der Waals surface area contributed by atoms with Crippen LogP contribution in [-0.4, -0.2) is 31.1 Å². The van der Waals surface area contributed by atoms with E-state index in [0.717, 1.165) is 38.2 Å². The van der Waals surface area contributed by atoms with E-state index in [-0.39, 0.29) is 11.9 Å². The Morgan fingerprint density at radius 1 is 1.17 bits per heavy atom. The van der Waals surface area contributed by atoms with Crippen molar-refractivity contribution in [2.45, 2.75) is 33.2 Å². The summed E-state index contributed by atoms with van der Waals surface area (Å²) in [5, 5.41) is 3.44. The number of hydrogen-bond donors (Lipinski definition) is 1.